The fourth-order valence-electron chi connectivity index (χ4n) is 2.79. The summed E-state index contributed by atoms with van der Waals surface area (Å²) in [5, 5.41) is 2.75. The molecule has 0 saturated carbocycles. The number of anilines is 1. The third-order valence-corrected chi connectivity index (χ3v) is 4.06. The number of pyridine rings is 1. The molecule has 1 aliphatic rings. The maximum Gasteiger partial charge on any atom is 0.336 e. The molecule has 0 unspecified atom stereocenters. The zero-order valence-corrected chi connectivity index (χ0v) is 14.0. The molecule has 1 saturated heterocycles. The predicted molar refractivity (Wildman–Crippen MR) is 95.0 cm³/mol. The van der Waals surface area contributed by atoms with E-state index in [-0.39, 0.29) is 5.91 Å². The van der Waals surface area contributed by atoms with Crippen molar-refractivity contribution in [3.63, 3.8) is 0 Å². The van der Waals surface area contributed by atoms with E-state index < -0.39 is 18.0 Å². The minimum atomic E-state index is -0.594. The first-order chi connectivity index (χ1) is 12.6. The summed E-state index contributed by atoms with van der Waals surface area (Å²) in [6.07, 6.45) is 4.43. The number of hydrogen-bond acceptors (Lipinski definition) is 4. The Morgan fingerprint density at radius 1 is 1.04 bits per heavy atom. The first-order valence-corrected chi connectivity index (χ1v) is 8.28. The second kappa shape index (κ2) is 8.11. The van der Waals surface area contributed by atoms with Crippen molar-refractivity contribution in [2.75, 3.05) is 11.9 Å². The SMILES string of the molecule is O=C(NNC(=O)N1CCC[C@@H]1C(=O)Nc1cccnc1)c1ccccc1. The van der Waals surface area contributed by atoms with Crippen LogP contribution in [0.3, 0.4) is 0 Å². The third-order valence-electron chi connectivity index (χ3n) is 4.06. The Labute approximate surface area is 150 Å². The molecule has 0 bridgehead atoms. The van der Waals surface area contributed by atoms with E-state index >= 15 is 0 Å². The fraction of sp³-hybridized carbons (Fsp3) is 0.222. The molecule has 2 aromatic rings. The monoisotopic (exact) mass is 353 g/mol. The summed E-state index contributed by atoms with van der Waals surface area (Å²) < 4.78 is 0. The zero-order valence-electron chi connectivity index (χ0n) is 14.0. The maximum atomic E-state index is 12.4. The molecule has 2 heterocycles. The summed E-state index contributed by atoms with van der Waals surface area (Å²) in [6, 6.07) is 10.9. The molecule has 3 N–H and O–H groups in total. The maximum absolute atomic E-state index is 12.4. The lowest BCUT2D eigenvalue weighted by Gasteiger charge is -2.24. The molecule has 3 rings (SSSR count). The first kappa shape index (κ1) is 17.4. The molecule has 4 amide bonds. The number of nitrogens with one attached hydrogen (secondary N) is 3. The van der Waals surface area contributed by atoms with E-state index in [1.165, 1.54) is 11.1 Å². The topological polar surface area (TPSA) is 103 Å². The molecule has 1 aromatic carbocycles. The second-order valence-electron chi connectivity index (χ2n) is 5.83. The highest BCUT2D eigenvalue weighted by molar-refractivity contribution is 5.98. The van der Waals surface area contributed by atoms with Crippen LogP contribution in [0.15, 0.2) is 54.9 Å². The molecule has 1 fully saturated rings. The minimum Gasteiger partial charge on any atom is -0.323 e. The molecular formula is C18H19N5O3. The number of hydrogen-bond donors (Lipinski definition) is 3. The molecule has 8 heteroatoms. The highest BCUT2D eigenvalue weighted by Gasteiger charge is 2.34. The molecule has 0 radical (unpaired) electrons. The van der Waals surface area contributed by atoms with Crippen molar-refractivity contribution in [2.45, 2.75) is 18.9 Å². The van der Waals surface area contributed by atoms with Gasteiger partial charge in [0.1, 0.15) is 6.04 Å². The van der Waals surface area contributed by atoms with Crippen molar-refractivity contribution in [3.8, 4) is 0 Å². The number of benzene rings is 1. The Morgan fingerprint density at radius 3 is 2.58 bits per heavy atom. The van der Waals surface area contributed by atoms with Gasteiger partial charge in [0.2, 0.25) is 5.91 Å². The summed E-state index contributed by atoms with van der Waals surface area (Å²) in [6.45, 7) is 0.443. The Bertz CT molecular complexity index is 782. The lowest BCUT2D eigenvalue weighted by Crippen LogP contribution is -2.52. The van der Waals surface area contributed by atoms with Crippen LogP contribution in [-0.4, -0.2) is 40.3 Å². The smallest absolute Gasteiger partial charge is 0.323 e. The van der Waals surface area contributed by atoms with Crippen LogP contribution in [0.25, 0.3) is 0 Å². The van der Waals surface area contributed by atoms with E-state index in [2.05, 4.69) is 21.2 Å². The van der Waals surface area contributed by atoms with E-state index in [4.69, 9.17) is 0 Å². The van der Waals surface area contributed by atoms with Gasteiger partial charge in [0.25, 0.3) is 5.91 Å². The summed E-state index contributed by atoms with van der Waals surface area (Å²) >= 11 is 0. The Kier molecular flexibility index (Phi) is 5.43. The van der Waals surface area contributed by atoms with E-state index in [1.807, 2.05) is 0 Å². The van der Waals surface area contributed by atoms with Gasteiger partial charge in [-0.15, -0.1) is 0 Å². The van der Waals surface area contributed by atoms with Gasteiger partial charge in [0, 0.05) is 18.3 Å². The molecular weight excluding hydrogens is 334 g/mol. The van der Waals surface area contributed by atoms with E-state index in [0.29, 0.717) is 30.6 Å². The van der Waals surface area contributed by atoms with Crippen LogP contribution >= 0.6 is 0 Å². The largest absolute Gasteiger partial charge is 0.336 e. The second-order valence-corrected chi connectivity index (χ2v) is 5.83. The van der Waals surface area contributed by atoms with Crippen LogP contribution < -0.4 is 16.2 Å². The summed E-state index contributed by atoms with van der Waals surface area (Å²) in [4.78, 5) is 42.1. The minimum absolute atomic E-state index is 0.278. The van der Waals surface area contributed by atoms with Crippen molar-refractivity contribution in [1.82, 2.24) is 20.7 Å². The van der Waals surface area contributed by atoms with Crippen LogP contribution in [0.4, 0.5) is 10.5 Å². The molecule has 134 valence electrons. The average Bonchev–Trinajstić information content (AvgIpc) is 3.17. The molecule has 26 heavy (non-hydrogen) atoms. The summed E-state index contributed by atoms with van der Waals surface area (Å²) in [7, 11) is 0. The number of hydrazine groups is 1. The van der Waals surface area contributed by atoms with Crippen LogP contribution in [0.5, 0.6) is 0 Å². The van der Waals surface area contributed by atoms with E-state index in [1.54, 1.807) is 48.7 Å². The standard InChI is InChI=1S/C18H19N5O3/c24-16(13-6-2-1-3-7-13)21-22-18(26)23-11-5-9-15(23)17(25)20-14-8-4-10-19-12-14/h1-4,6-8,10,12,15H,5,9,11H2,(H,20,25)(H,21,24)(H,22,26)/t15-/m1/s1. The Morgan fingerprint density at radius 2 is 1.85 bits per heavy atom. The summed E-state index contributed by atoms with van der Waals surface area (Å²) in [5.74, 6) is -0.699. The van der Waals surface area contributed by atoms with E-state index in [9.17, 15) is 14.4 Å². The van der Waals surface area contributed by atoms with Gasteiger partial charge in [0.05, 0.1) is 11.9 Å². The normalized spacial score (nSPS) is 16.0. The molecule has 8 nitrogen and oxygen atoms in total. The van der Waals surface area contributed by atoms with Gasteiger partial charge in [-0.2, -0.15) is 0 Å². The van der Waals surface area contributed by atoms with Crippen LogP contribution in [0, 0.1) is 0 Å². The van der Waals surface area contributed by atoms with Gasteiger partial charge < -0.3 is 10.2 Å². The highest BCUT2D eigenvalue weighted by atomic mass is 16.2. The molecule has 1 aromatic heterocycles. The molecule has 1 aliphatic heterocycles. The van der Waals surface area contributed by atoms with Crippen LogP contribution in [-0.2, 0) is 4.79 Å². The number of amides is 4. The van der Waals surface area contributed by atoms with Crippen molar-refractivity contribution < 1.29 is 14.4 Å². The quantitative estimate of drug-likeness (QED) is 0.728. The number of urea groups is 1. The van der Waals surface area contributed by atoms with Crippen molar-refractivity contribution in [3.05, 3.63) is 60.4 Å². The van der Waals surface area contributed by atoms with Crippen LogP contribution in [0.2, 0.25) is 0 Å². The molecule has 0 aliphatic carbocycles. The van der Waals surface area contributed by atoms with Gasteiger partial charge in [-0.1, -0.05) is 18.2 Å². The van der Waals surface area contributed by atoms with Gasteiger partial charge in [-0.05, 0) is 37.1 Å². The third kappa shape index (κ3) is 4.15. The molecule has 0 spiro atoms. The highest BCUT2D eigenvalue weighted by Crippen LogP contribution is 2.19. The number of carbonyl (C=O) groups excluding carboxylic acids is 3. The van der Waals surface area contributed by atoms with E-state index in [0.717, 1.165) is 0 Å². The van der Waals surface area contributed by atoms with Gasteiger partial charge in [-0.3, -0.25) is 20.0 Å². The van der Waals surface area contributed by atoms with Crippen LogP contribution in [0.1, 0.15) is 23.2 Å². The number of aromatic nitrogens is 1. The average molecular weight is 353 g/mol. The van der Waals surface area contributed by atoms with Gasteiger partial charge in [0.15, 0.2) is 0 Å². The summed E-state index contributed by atoms with van der Waals surface area (Å²) in [5.41, 5.74) is 5.73. The van der Waals surface area contributed by atoms with Crippen molar-refractivity contribution in [1.29, 1.82) is 0 Å². The van der Waals surface area contributed by atoms with Crippen molar-refractivity contribution >= 4 is 23.5 Å². The lowest BCUT2D eigenvalue weighted by atomic mass is 10.2. The lowest BCUT2D eigenvalue weighted by molar-refractivity contribution is -0.119. The van der Waals surface area contributed by atoms with Gasteiger partial charge in [-0.25, -0.2) is 10.2 Å². The molecule has 1 atom stereocenters. The zero-order chi connectivity index (χ0) is 18.4. The Hall–Kier alpha value is -3.42. The fourth-order valence-corrected chi connectivity index (χ4v) is 2.79. The Balaban J connectivity index is 1.56. The number of likely N-dealkylation sites (tertiary alicyclic amines) is 1. The number of carbonyl (C=O) groups is 3. The first-order valence-electron chi connectivity index (χ1n) is 8.28. The number of nitrogens with zero attached hydrogens (tertiary/aromatic N) is 2. The number of rotatable bonds is 3. The van der Waals surface area contributed by atoms with Gasteiger partial charge >= 0.3 is 6.03 Å². The van der Waals surface area contributed by atoms with Crippen molar-refractivity contribution in [2.24, 2.45) is 0 Å². The predicted octanol–water partition coefficient (Wildman–Crippen LogP) is 1.54.